The van der Waals surface area contributed by atoms with E-state index in [4.69, 9.17) is 5.73 Å². The summed E-state index contributed by atoms with van der Waals surface area (Å²) in [5.41, 5.74) is 7.94. The van der Waals surface area contributed by atoms with Crippen molar-refractivity contribution in [3.63, 3.8) is 0 Å². The van der Waals surface area contributed by atoms with Crippen molar-refractivity contribution >= 4 is 16.8 Å². The van der Waals surface area contributed by atoms with Crippen molar-refractivity contribution in [2.24, 2.45) is 11.1 Å². The molecule has 0 spiro atoms. The van der Waals surface area contributed by atoms with Gasteiger partial charge in [0, 0.05) is 30.2 Å². The molecule has 0 fully saturated rings. The molecular weight excluding hydrogens is 262 g/mol. The highest BCUT2D eigenvalue weighted by Crippen LogP contribution is 2.20. The first-order chi connectivity index (χ1) is 9.94. The average molecular weight is 285 g/mol. The molecule has 1 amide bonds. The molecule has 0 saturated carbocycles. The van der Waals surface area contributed by atoms with E-state index in [9.17, 15) is 4.79 Å². The second kappa shape index (κ2) is 6.14. The summed E-state index contributed by atoms with van der Waals surface area (Å²) in [6.45, 7) is 3.75. The number of nitrogens with two attached hydrogens (primary N) is 1. The van der Waals surface area contributed by atoms with Gasteiger partial charge >= 0.3 is 0 Å². The second-order valence-corrected chi connectivity index (χ2v) is 5.89. The lowest BCUT2D eigenvalue weighted by Crippen LogP contribution is -2.33. The Kier molecular flexibility index (Phi) is 4.48. The summed E-state index contributed by atoms with van der Waals surface area (Å²) in [6, 6.07) is 8.05. The maximum absolute atomic E-state index is 11.7. The van der Waals surface area contributed by atoms with Crippen LogP contribution >= 0.6 is 0 Å². The Morgan fingerprint density at radius 1 is 1.43 bits per heavy atom. The Labute approximate surface area is 125 Å². The smallest absolute Gasteiger partial charge is 0.229 e. The van der Waals surface area contributed by atoms with Crippen LogP contribution in [0.2, 0.25) is 0 Å². The van der Waals surface area contributed by atoms with Gasteiger partial charge in [0.05, 0.1) is 5.41 Å². The van der Waals surface area contributed by atoms with E-state index in [1.165, 1.54) is 10.9 Å². The molecule has 1 aromatic heterocycles. The lowest BCUT2D eigenvalue weighted by Gasteiger charge is -2.18. The average Bonchev–Trinajstić information content (AvgIpc) is 2.88. The van der Waals surface area contributed by atoms with Crippen molar-refractivity contribution in [3.05, 3.63) is 48.2 Å². The lowest BCUT2D eigenvalue weighted by atomic mass is 9.90. The van der Waals surface area contributed by atoms with Gasteiger partial charge in [-0.25, -0.2) is 0 Å². The monoisotopic (exact) mass is 285 g/mol. The Bertz CT molecular complexity index is 655. The first-order valence-electron chi connectivity index (χ1n) is 7.16. The summed E-state index contributed by atoms with van der Waals surface area (Å²) < 4.78 is 0. The fraction of sp³-hybridized carbons (Fsp3) is 0.353. The molecular formula is C17H23N3O. The van der Waals surface area contributed by atoms with E-state index in [1.54, 1.807) is 7.05 Å². The van der Waals surface area contributed by atoms with E-state index in [0.717, 1.165) is 11.9 Å². The van der Waals surface area contributed by atoms with Crippen LogP contribution in [0.3, 0.4) is 0 Å². The van der Waals surface area contributed by atoms with Crippen LogP contribution in [0.4, 0.5) is 0 Å². The standard InChI is InChI=1S/C17H23N3O/c1-17(2,16(21)19-3)9-8-13(18)10-12-11-20-15-7-5-4-6-14(12)15/h4-9,11,13,20H,10,18H2,1-3H3,(H,19,21)/t13-/m1/s1. The van der Waals surface area contributed by atoms with Gasteiger partial charge < -0.3 is 16.0 Å². The molecule has 1 heterocycles. The number of H-pyrrole nitrogens is 1. The first-order valence-corrected chi connectivity index (χ1v) is 7.16. The van der Waals surface area contributed by atoms with Crippen LogP contribution < -0.4 is 11.1 Å². The molecule has 1 aromatic carbocycles. The number of nitrogens with one attached hydrogen (secondary N) is 2. The van der Waals surface area contributed by atoms with Gasteiger partial charge in [-0.3, -0.25) is 4.79 Å². The number of benzene rings is 1. The van der Waals surface area contributed by atoms with Crippen molar-refractivity contribution in [3.8, 4) is 0 Å². The van der Waals surface area contributed by atoms with E-state index in [-0.39, 0.29) is 11.9 Å². The number of fused-ring (bicyclic) bond motifs is 1. The Balaban J connectivity index is 2.08. The Hall–Kier alpha value is -2.07. The van der Waals surface area contributed by atoms with Gasteiger partial charge in [0.2, 0.25) is 5.91 Å². The van der Waals surface area contributed by atoms with Crippen molar-refractivity contribution in [1.82, 2.24) is 10.3 Å². The maximum atomic E-state index is 11.7. The Morgan fingerprint density at radius 3 is 2.86 bits per heavy atom. The van der Waals surface area contributed by atoms with Crippen LogP contribution in [0.25, 0.3) is 10.9 Å². The molecule has 0 aliphatic rings. The zero-order valence-electron chi connectivity index (χ0n) is 12.8. The molecule has 4 nitrogen and oxygen atoms in total. The summed E-state index contributed by atoms with van der Waals surface area (Å²) in [5, 5.41) is 3.86. The maximum Gasteiger partial charge on any atom is 0.229 e. The predicted octanol–water partition coefficient (Wildman–Crippen LogP) is 2.37. The van der Waals surface area contributed by atoms with Crippen LogP contribution in [0, 0.1) is 5.41 Å². The molecule has 2 aromatic rings. The molecule has 0 radical (unpaired) electrons. The van der Waals surface area contributed by atoms with Crippen LogP contribution in [0.5, 0.6) is 0 Å². The van der Waals surface area contributed by atoms with Crippen molar-refractivity contribution < 1.29 is 4.79 Å². The molecule has 1 atom stereocenters. The van der Waals surface area contributed by atoms with Gasteiger partial charge in [-0.2, -0.15) is 0 Å². The predicted molar refractivity (Wildman–Crippen MR) is 87.0 cm³/mol. The van der Waals surface area contributed by atoms with Crippen molar-refractivity contribution in [1.29, 1.82) is 0 Å². The molecule has 0 aliphatic carbocycles. The molecule has 0 unspecified atom stereocenters. The van der Waals surface area contributed by atoms with Crippen LogP contribution in [0.1, 0.15) is 19.4 Å². The summed E-state index contributed by atoms with van der Waals surface area (Å²) >= 11 is 0. The zero-order valence-corrected chi connectivity index (χ0v) is 12.8. The molecule has 112 valence electrons. The van der Waals surface area contributed by atoms with E-state index < -0.39 is 5.41 Å². The highest BCUT2D eigenvalue weighted by atomic mass is 16.2. The fourth-order valence-electron chi connectivity index (χ4n) is 2.38. The molecule has 0 saturated heterocycles. The van der Waals surface area contributed by atoms with Crippen LogP contribution in [-0.2, 0) is 11.2 Å². The zero-order chi connectivity index (χ0) is 15.5. The van der Waals surface area contributed by atoms with Gasteiger partial charge in [0.25, 0.3) is 0 Å². The number of carbonyl (C=O) groups is 1. The van der Waals surface area contributed by atoms with E-state index in [0.29, 0.717) is 0 Å². The van der Waals surface area contributed by atoms with E-state index >= 15 is 0 Å². The van der Waals surface area contributed by atoms with E-state index in [1.807, 2.05) is 44.3 Å². The molecule has 2 rings (SSSR count). The first kappa shape index (κ1) is 15.3. The summed E-state index contributed by atoms with van der Waals surface area (Å²) in [5.74, 6) is -0.0157. The minimum Gasteiger partial charge on any atom is -0.361 e. The third kappa shape index (κ3) is 3.52. The summed E-state index contributed by atoms with van der Waals surface area (Å²) in [7, 11) is 1.64. The number of para-hydroxylation sites is 1. The minimum absolute atomic E-state index is 0.0157. The molecule has 21 heavy (non-hydrogen) atoms. The molecule has 0 aliphatic heterocycles. The minimum atomic E-state index is -0.549. The highest BCUT2D eigenvalue weighted by Gasteiger charge is 2.23. The molecule has 0 bridgehead atoms. The van der Waals surface area contributed by atoms with Gasteiger partial charge in [-0.1, -0.05) is 30.4 Å². The van der Waals surface area contributed by atoms with Gasteiger partial charge in [-0.05, 0) is 31.9 Å². The number of aromatic nitrogens is 1. The van der Waals surface area contributed by atoms with E-state index in [2.05, 4.69) is 22.4 Å². The van der Waals surface area contributed by atoms with Crippen molar-refractivity contribution in [2.45, 2.75) is 26.3 Å². The SMILES string of the molecule is CNC(=O)C(C)(C)C=C[C@@H](N)Cc1c[nH]c2ccccc12. The highest BCUT2D eigenvalue weighted by molar-refractivity contribution is 5.84. The summed E-state index contributed by atoms with van der Waals surface area (Å²) in [4.78, 5) is 15.0. The van der Waals surface area contributed by atoms with Crippen LogP contribution in [0.15, 0.2) is 42.6 Å². The number of carbonyl (C=O) groups excluding carboxylic acids is 1. The quantitative estimate of drug-likeness (QED) is 0.738. The van der Waals surface area contributed by atoms with Crippen molar-refractivity contribution in [2.75, 3.05) is 7.05 Å². The lowest BCUT2D eigenvalue weighted by molar-refractivity contribution is -0.126. The molecule has 4 N–H and O–H groups in total. The number of rotatable bonds is 5. The number of amides is 1. The number of hydrogen-bond acceptors (Lipinski definition) is 2. The third-order valence-electron chi connectivity index (χ3n) is 3.70. The number of hydrogen-bond donors (Lipinski definition) is 3. The Morgan fingerprint density at radius 2 is 2.14 bits per heavy atom. The topological polar surface area (TPSA) is 70.9 Å². The number of aromatic amines is 1. The third-order valence-corrected chi connectivity index (χ3v) is 3.70. The fourth-order valence-corrected chi connectivity index (χ4v) is 2.38. The largest absolute Gasteiger partial charge is 0.361 e. The second-order valence-electron chi connectivity index (χ2n) is 5.89. The van der Waals surface area contributed by atoms with Gasteiger partial charge in [0.15, 0.2) is 0 Å². The van der Waals surface area contributed by atoms with Crippen LogP contribution in [-0.4, -0.2) is 24.0 Å². The summed E-state index contributed by atoms with van der Waals surface area (Å²) in [6.07, 6.45) is 6.54. The molecule has 4 heteroatoms. The van der Waals surface area contributed by atoms with Gasteiger partial charge in [0.1, 0.15) is 0 Å². The van der Waals surface area contributed by atoms with Gasteiger partial charge in [-0.15, -0.1) is 0 Å². The normalized spacial score (nSPS) is 13.7.